The van der Waals surface area contributed by atoms with Gasteiger partial charge in [-0.3, -0.25) is 4.79 Å². The Balaban J connectivity index is 1.77. The maximum atomic E-state index is 13.6. The molecule has 0 spiro atoms. The van der Waals surface area contributed by atoms with E-state index in [2.05, 4.69) is 20.6 Å². The van der Waals surface area contributed by atoms with Crippen LogP contribution in [0.15, 0.2) is 53.4 Å². The molecule has 0 saturated carbocycles. The molecular formula is C24H25FN4O7S. The molecule has 0 aliphatic rings. The molecule has 2 aromatic carbocycles. The summed E-state index contributed by atoms with van der Waals surface area (Å²) in [6.07, 6.45) is 0.0776. The molecule has 37 heavy (non-hydrogen) atoms. The minimum atomic E-state index is -3.80. The maximum absolute atomic E-state index is 13.6. The zero-order valence-electron chi connectivity index (χ0n) is 20.1. The van der Waals surface area contributed by atoms with Crippen LogP contribution in [0.25, 0.3) is 0 Å². The molecule has 4 N–H and O–H groups in total. The van der Waals surface area contributed by atoms with E-state index in [-0.39, 0.29) is 29.4 Å². The van der Waals surface area contributed by atoms with Gasteiger partial charge in [-0.25, -0.2) is 22.6 Å². The molecule has 1 heterocycles. The number of benzene rings is 2. The first-order chi connectivity index (χ1) is 17.3. The highest BCUT2D eigenvalue weighted by Gasteiger charge is 2.31. The number of alkyl carbamates (subject to hydrolysis) is 1. The number of nitrogens with one attached hydrogen (secondary N) is 2. The number of carbonyl (C=O) groups excluding carboxylic acids is 2. The molecule has 1 aromatic heterocycles. The smallest absolute Gasteiger partial charge is 0.408 e. The van der Waals surface area contributed by atoms with Crippen molar-refractivity contribution in [3.8, 4) is 11.6 Å². The van der Waals surface area contributed by atoms with Gasteiger partial charge in [0.25, 0.3) is 11.8 Å². The third-order valence-electron chi connectivity index (χ3n) is 5.14. The predicted molar refractivity (Wildman–Crippen MR) is 129 cm³/mol. The number of carbonyl (C=O) groups is 2. The molecule has 0 radical (unpaired) electrons. The second-order valence-electron chi connectivity index (χ2n) is 8.59. The fourth-order valence-corrected chi connectivity index (χ4v) is 4.17. The molecule has 3 aromatic rings. The summed E-state index contributed by atoms with van der Waals surface area (Å²) < 4.78 is 42.7. The van der Waals surface area contributed by atoms with E-state index in [9.17, 15) is 32.6 Å². The highest BCUT2D eigenvalue weighted by atomic mass is 32.2. The topological polar surface area (TPSA) is 168 Å². The Bertz CT molecular complexity index is 1430. The molecule has 3 rings (SSSR count). The van der Waals surface area contributed by atoms with Gasteiger partial charge in [-0.1, -0.05) is 36.4 Å². The number of ether oxygens (including phenoxy) is 1. The van der Waals surface area contributed by atoms with Crippen LogP contribution in [0.1, 0.15) is 41.3 Å². The van der Waals surface area contributed by atoms with E-state index in [0.717, 1.165) is 24.0 Å². The van der Waals surface area contributed by atoms with Crippen molar-refractivity contribution < 1.29 is 37.3 Å². The molecule has 196 valence electrons. The van der Waals surface area contributed by atoms with Crippen LogP contribution >= 0.6 is 0 Å². The van der Waals surface area contributed by atoms with Gasteiger partial charge in [0, 0.05) is 12.8 Å². The molecule has 11 nitrogen and oxygen atoms in total. The number of aromatic nitrogens is 2. The largest absolute Gasteiger partial charge is 0.501 e. The SMILES string of the molecule is CC(C)(NC(=O)OCc1ccccc1)c1nc(O)c(O)c(C(=O)NCc2ccc(F)cc2S(C)(=O)=O)n1. The summed E-state index contributed by atoms with van der Waals surface area (Å²) in [7, 11) is -3.80. The Morgan fingerprint density at radius 3 is 2.41 bits per heavy atom. The minimum Gasteiger partial charge on any atom is -0.501 e. The summed E-state index contributed by atoms with van der Waals surface area (Å²) in [6.45, 7) is 2.62. The fourth-order valence-electron chi connectivity index (χ4n) is 3.23. The first kappa shape index (κ1) is 27.3. The molecule has 0 fully saturated rings. The summed E-state index contributed by atoms with van der Waals surface area (Å²) in [6, 6.07) is 12.0. The van der Waals surface area contributed by atoms with Crippen molar-refractivity contribution in [3.63, 3.8) is 0 Å². The van der Waals surface area contributed by atoms with Crippen LogP contribution in [0.2, 0.25) is 0 Å². The Kier molecular flexibility index (Phi) is 7.96. The lowest BCUT2D eigenvalue weighted by Crippen LogP contribution is -2.43. The predicted octanol–water partition coefficient (Wildman–Crippen LogP) is 2.52. The van der Waals surface area contributed by atoms with E-state index >= 15 is 0 Å². The second-order valence-corrected chi connectivity index (χ2v) is 10.6. The van der Waals surface area contributed by atoms with Crippen molar-refractivity contribution in [2.45, 2.75) is 37.4 Å². The van der Waals surface area contributed by atoms with Gasteiger partial charge in [0.1, 0.15) is 12.4 Å². The van der Waals surface area contributed by atoms with Crippen molar-refractivity contribution >= 4 is 21.8 Å². The molecule has 0 saturated heterocycles. The van der Waals surface area contributed by atoms with Gasteiger partial charge in [0.15, 0.2) is 21.4 Å². The van der Waals surface area contributed by atoms with E-state index in [4.69, 9.17) is 4.74 Å². The first-order valence-electron chi connectivity index (χ1n) is 10.8. The molecule has 0 atom stereocenters. The molecule has 2 amide bonds. The zero-order chi connectivity index (χ0) is 27.4. The molecule has 0 aliphatic heterocycles. The van der Waals surface area contributed by atoms with Crippen LogP contribution in [0.3, 0.4) is 0 Å². The number of amides is 2. The van der Waals surface area contributed by atoms with Gasteiger partial charge < -0.3 is 25.6 Å². The van der Waals surface area contributed by atoms with Crippen LogP contribution in [0, 0.1) is 5.82 Å². The van der Waals surface area contributed by atoms with Gasteiger partial charge in [-0.2, -0.15) is 4.98 Å². The third-order valence-corrected chi connectivity index (χ3v) is 6.31. The lowest BCUT2D eigenvalue weighted by atomic mass is 10.0. The van der Waals surface area contributed by atoms with Crippen LogP contribution in [0.4, 0.5) is 9.18 Å². The van der Waals surface area contributed by atoms with Gasteiger partial charge in [-0.15, -0.1) is 0 Å². The van der Waals surface area contributed by atoms with Gasteiger partial charge in [-0.05, 0) is 37.1 Å². The quantitative estimate of drug-likeness (QED) is 0.341. The Morgan fingerprint density at radius 1 is 1.08 bits per heavy atom. The number of aromatic hydroxyl groups is 2. The zero-order valence-corrected chi connectivity index (χ0v) is 21.0. The van der Waals surface area contributed by atoms with E-state index in [1.807, 2.05) is 6.07 Å². The van der Waals surface area contributed by atoms with Crippen molar-refractivity contribution in [1.29, 1.82) is 0 Å². The van der Waals surface area contributed by atoms with Crippen molar-refractivity contribution in [1.82, 2.24) is 20.6 Å². The lowest BCUT2D eigenvalue weighted by molar-refractivity contribution is 0.0940. The number of nitrogens with zero attached hydrogens (tertiary/aromatic N) is 2. The lowest BCUT2D eigenvalue weighted by Gasteiger charge is -2.25. The number of sulfone groups is 1. The Labute approximate surface area is 212 Å². The van der Waals surface area contributed by atoms with Crippen LogP contribution in [-0.4, -0.2) is 46.9 Å². The van der Waals surface area contributed by atoms with Crippen molar-refractivity contribution in [2.75, 3.05) is 6.26 Å². The monoisotopic (exact) mass is 532 g/mol. The number of rotatable bonds is 8. The maximum Gasteiger partial charge on any atom is 0.408 e. The second kappa shape index (κ2) is 10.8. The Morgan fingerprint density at radius 2 is 1.76 bits per heavy atom. The summed E-state index contributed by atoms with van der Waals surface area (Å²) >= 11 is 0. The average molecular weight is 533 g/mol. The van der Waals surface area contributed by atoms with Crippen molar-refractivity contribution in [3.05, 3.63) is 77.0 Å². The third kappa shape index (κ3) is 6.91. The van der Waals surface area contributed by atoms with Crippen molar-refractivity contribution in [2.24, 2.45) is 0 Å². The van der Waals surface area contributed by atoms with Crippen LogP contribution in [-0.2, 0) is 33.3 Å². The normalized spacial score (nSPS) is 11.6. The number of hydrogen-bond acceptors (Lipinski definition) is 9. The summed E-state index contributed by atoms with van der Waals surface area (Å²) in [4.78, 5) is 32.5. The molecular weight excluding hydrogens is 507 g/mol. The Hall–Kier alpha value is -4.26. The standard InChI is InChI=1S/C24H25FN4O7S/c1-24(2,29-23(33)36-13-14-7-5-4-6-8-14)22-27-18(19(30)21(32)28-22)20(31)26-12-15-9-10-16(25)11-17(15)37(3,34)35/h4-11,30H,12-13H2,1-3H3,(H,26,31)(H,29,33)(H,27,28,32). The fraction of sp³-hybridized carbons (Fsp3) is 0.250. The number of hydrogen-bond donors (Lipinski definition) is 4. The van der Waals surface area contributed by atoms with Crippen LogP contribution < -0.4 is 10.6 Å². The van der Waals surface area contributed by atoms with Gasteiger partial charge in [0.2, 0.25) is 5.75 Å². The highest BCUT2D eigenvalue weighted by molar-refractivity contribution is 7.90. The van der Waals surface area contributed by atoms with E-state index in [0.29, 0.717) is 0 Å². The minimum absolute atomic E-state index is 0.00303. The number of halogens is 1. The van der Waals surface area contributed by atoms with Gasteiger partial charge in [0.05, 0.1) is 10.4 Å². The highest BCUT2D eigenvalue weighted by Crippen LogP contribution is 2.29. The van der Waals surface area contributed by atoms with E-state index < -0.39 is 50.5 Å². The molecule has 0 bridgehead atoms. The molecule has 0 unspecified atom stereocenters. The first-order valence-corrected chi connectivity index (χ1v) is 12.7. The van der Waals surface area contributed by atoms with E-state index in [1.54, 1.807) is 24.3 Å². The summed E-state index contributed by atoms with van der Waals surface area (Å²) in [5, 5.41) is 25.2. The van der Waals surface area contributed by atoms with Gasteiger partial charge >= 0.3 is 6.09 Å². The molecule has 0 aliphatic carbocycles. The summed E-state index contributed by atoms with van der Waals surface area (Å²) in [5.41, 5.74) is -1.13. The molecule has 13 heteroatoms. The van der Waals surface area contributed by atoms with E-state index in [1.165, 1.54) is 19.9 Å². The van der Waals surface area contributed by atoms with Crippen LogP contribution in [0.5, 0.6) is 11.6 Å². The average Bonchev–Trinajstić information content (AvgIpc) is 2.83. The summed E-state index contributed by atoms with van der Waals surface area (Å²) in [5.74, 6) is -3.81.